The van der Waals surface area contributed by atoms with Gasteiger partial charge in [-0.15, -0.1) is 0 Å². The first-order valence-corrected chi connectivity index (χ1v) is 11.2. The molecule has 0 radical (unpaired) electrons. The van der Waals surface area contributed by atoms with Crippen molar-refractivity contribution in [2.75, 3.05) is 18.1 Å². The minimum absolute atomic E-state index is 0.0552. The quantitative estimate of drug-likeness (QED) is 0.560. The van der Waals surface area contributed by atoms with Crippen molar-refractivity contribution in [3.8, 4) is 0 Å². The summed E-state index contributed by atoms with van der Waals surface area (Å²) < 4.78 is 7.01. The van der Waals surface area contributed by atoms with Gasteiger partial charge >= 0.3 is 5.97 Å². The minimum Gasteiger partial charge on any atom is -0.456 e. The van der Waals surface area contributed by atoms with Crippen molar-refractivity contribution in [1.82, 2.24) is 9.55 Å². The Balaban J connectivity index is 1.23. The number of benzene rings is 2. The molecular formula is C25H25N3O4. The summed E-state index contributed by atoms with van der Waals surface area (Å²) in [5.74, 6) is -0.0814. The zero-order chi connectivity index (χ0) is 22.1. The lowest BCUT2D eigenvalue weighted by molar-refractivity contribution is -0.147. The SMILES string of the molecule is O=C(CCc1nc2ccccc2c(=O)n1C1CC1)OCC(=O)N1CCCc2ccccc21. The number of anilines is 1. The van der Waals surface area contributed by atoms with E-state index < -0.39 is 5.97 Å². The Morgan fingerprint density at radius 2 is 1.84 bits per heavy atom. The average molecular weight is 431 g/mol. The van der Waals surface area contributed by atoms with E-state index in [9.17, 15) is 14.4 Å². The molecule has 1 aromatic heterocycles. The van der Waals surface area contributed by atoms with E-state index in [-0.39, 0.29) is 30.5 Å². The summed E-state index contributed by atoms with van der Waals surface area (Å²) in [4.78, 5) is 44.3. The molecule has 0 unspecified atom stereocenters. The van der Waals surface area contributed by atoms with Crippen molar-refractivity contribution >= 4 is 28.5 Å². The summed E-state index contributed by atoms with van der Waals surface area (Å²) >= 11 is 0. The van der Waals surface area contributed by atoms with Crippen LogP contribution >= 0.6 is 0 Å². The molecule has 32 heavy (non-hydrogen) atoms. The van der Waals surface area contributed by atoms with Crippen molar-refractivity contribution in [3.63, 3.8) is 0 Å². The second-order valence-electron chi connectivity index (χ2n) is 8.39. The Bertz CT molecular complexity index is 1250. The summed E-state index contributed by atoms with van der Waals surface area (Å²) in [6.45, 7) is 0.343. The average Bonchev–Trinajstić information content (AvgIpc) is 3.66. The highest BCUT2D eigenvalue weighted by atomic mass is 16.5. The van der Waals surface area contributed by atoms with E-state index in [2.05, 4.69) is 4.98 Å². The number of esters is 1. The summed E-state index contributed by atoms with van der Waals surface area (Å²) in [6.07, 6.45) is 4.11. The van der Waals surface area contributed by atoms with E-state index >= 15 is 0 Å². The number of para-hydroxylation sites is 2. The molecule has 1 aliphatic heterocycles. The molecule has 0 spiro atoms. The Labute approximate surface area is 185 Å². The standard InChI is InChI=1S/C25H25N3O4/c29-23(27-15-5-7-17-6-1-4-10-21(17)27)16-32-24(30)14-13-22-26-20-9-3-2-8-19(20)25(31)28(22)18-11-12-18/h1-4,6,8-10,18H,5,7,11-16H2. The molecular weight excluding hydrogens is 406 g/mol. The van der Waals surface area contributed by atoms with Gasteiger partial charge < -0.3 is 9.64 Å². The summed E-state index contributed by atoms with van der Waals surface area (Å²) in [5, 5.41) is 0.595. The van der Waals surface area contributed by atoms with Gasteiger partial charge in [0.25, 0.3) is 11.5 Å². The van der Waals surface area contributed by atoms with Gasteiger partial charge in [-0.2, -0.15) is 0 Å². The second kappa shape index (κ2) is 8.57. The van der Waals surface area contributed by atoms with Crippen molar-refractivity contribution in [2.24, 2.45) is 0 Å². The Hall–Kier alpha value is -3.48. The van der Waals surface area contributed by atoms with Gasteiger partial charge in [-0.3, -0.25) is 19.0 Å². The summed E-state index contributed by atoms with van der Waals surface area (Å²) in [6, 6.07) is 15.3. The van der Waals surface area contributed by atoms with Gasteiger partial charge in [0.05, 0.1) is 17.3 Å². The lowest BCUT2D eigenvalue weighted by Crippen LogP contribution is -2.38. The maximum Gasteiger partial charge on any atom is 0.306 e. The van der Waals surface area contributed by atoms with E-state index in [0.717, 1.165) is 36.9 Å². The predicted molar refractivity (Wildman–Crippen MR) is 121 cm³/mol. The number of hydrogen-bond donors (Lipinski definition) is 0. The highest BCUT2D eigenvalue weighted by molar-refractivity contribution is 5.96. The van der Waals surface area contributed by atoms with E-state index in [4.69, 9.17) is 4.74 Å². The molecule has 1 saturated carbocycles. The van der Waals surface area contributed by atoms with E-state index in [1.54, 1.807) is 15.5 Å². The number of hydrogen-bond acceptors (Lipinski definition) is 5. The van der Waals surface area contributed by atoms with Crippen LogP contribution in [0.3, 0.4) is 0 Å². The first-order chi connectivity index (χ1) is 15.6. The zero-order valence-electron chi connectivity index (χ0n) is 17.8. The smallest absolute Gasteiger partial charge is 0.306 e. The van der Waals surface area contributed by atoms with Gasteiger partial charge in [0.2, 0.25) is 0 Å². The van der Waals surface area contributed by atoms with Crippen LogP contribution in [-0.2, 0) is 27.2 Å². The molecule has 0 N–H and O–H groups in total. The number of carbonyl (C=O) groups excluding carboxylic acids is 2. The Morgan fingerprint density at radius 1 is 1.06 bits per heavy atom. The molecule has 7 heteroatoms. The molecule has 0 bridgehead atoms. The highest BCUT2D eigenvalue weighted by Gasteiger charge is 2.28. The molecule has 0 saturated heterocycles. The van der Waals surface area contributed by atoms with Crippen LogP contribution in [0.15, 0.2) is 53.3 Å². The predicted octanol–water partition coefficient (Wildman–Crippen LogP) is 3.19. The fourth-order valence-corrected chi connectivity index (χ4v) is 4.38. The largest absolute Gasteiger partial charge is 0.456 e. The van der Waals surface area contributed by atoms with Gasteiger partial charge in [0.1, 0.15) is 5.82 Å². The van der Waals surface area contributed by atoms with Crippen molar-refractivity contribution in [2.45, 2.75) is 44.6 Å². The van der Waals surface area contributed by atoms with Crippen LogP contribution in [0.25, 0.3) is 10.9 Å². The lowest BCUT2D eigenvalue weighted by Gasteiger charge is -2.29. The third-order valence-electron chi connectivity index (χ3n) is 6.11. The molecule has 2 heterocycles. The highest BCUT2D eigenvalue weighted by Crippen LogP contribution is 2.35. The first-order valence-electron chi connectivity index (χ1n) is 11.2. The molecule has 1 fully saturated rings. The second-order valence-corrected chi connectivity index (χ2v) is 8.39. The Morgan fingerprint density at radius 3 is 2.69 bits per heavy atom. The monoisotopic (exact) mass is 431 g/mol. The zero-order valence-corrected chi connectivity index (χ0v) is 17.8. The van der Waals surface area contributed by atoms with Gasteiger partial charge in [-0.05, 0) is 49.4 Å². The lowest BCUT2D eigenvalue weighted by atomic mass is 10.0. The molecule has 1 amide bonds. The molecule has 2 aliphatic rings. The third kappa shape index (κ3) is 4.02. The van der Waals surface area contributed by atoms with Crippen LogP contribution in [0.1, 0.15) is 43.1 Å². The van der Waals surface area contributed by atoms with Crippen LogP contribution in [0.4, 0.5) is 5.69 Å². The first kappa shape index (κ1) is 20.4. The number of ether oxygens (including phenoxy) is 1. The van der Waals surface area contributed by atoms with Crippen molar-refractivity contribution < 1.29 is 14.3 Å². The number of carbonyl (C=O) groups is 2. The number of nitrogens with zero attached hydrogens (tertiary/aromatic N) is 3. The molecule has 1 aliphatic carbocycles. The molecule has 0 atom stereocenters. The van der Waals surface area contributed by atoms with Crippen LogP contribution in [0.5, 0.6) is 0 Å². The molecule has 3 aromatic rings. The van der Waals surface area contributed by atoms with Crippen LogP contribution in [0, 0.1) is 0 Å². The van der Waals surface area contributed by atoms with Crippen molar-refractivity contribution in [1.29, 1.82) is 0 Å². The number of aromatic nitrogens is 2. The minimum atomic E-state index is -0.464. The summed E-state index contributed by atoms with van der Waals surface area (Å²) in [7, 11) is 0. The van der Waals surface area contributed by atoms with Crippen LogP contribution < -0.4 is 10.5 Å². The van der Waals surface area contributed by atoms with Gasteiger partial charge in [-0.25, -0.2) is 4.98 Å². The fourth-order valence-electron chi connectivity index (χ4n) is 4.38. The molecule has 164 valence electrons. The number of fused-ring (bicyclic) bond motifs is 2. The van der Waals surface area contributed by atoms with Crippen LogP contribution in [0.2, 0.25) is 0 Å². The van der Waals surface area contributed by atoms with E-state index in [1.165, 1.54) is 0 Å². The molecule has 5 rings (SSSR count). The molecule has 7 nitrogen and oxygen atoms in total. The van der Waals surface area contributed by atoms with Crippen LogP contribution in [-0.4, -0.2) is 34.6 Å². The number of aryl methyl sites for hydroxylation is 2. The van der Waals surface area contributed by atoms with Crippen molar-refractivity contribution in [3.05, 3.63) is 70.3 Å². The summed E-state index contributed by atoms with van der Waals surface area (Å²) in [5.41, 5.74) is 2.62. The molecule has 2 aromatic carbocycles. The topological polar surface area (TPSA) is 81.5 Å². The Kier molecular flexibility index (Phi) is 5.47. The number of amides is 1. The maximum absolute atomic E-state index is 12.9. The third-order valence-corrected chi connectivity index (χ3v) is 6.11. The van der Waals surface area contributed by atoms with Gasteiger partial charge in [0.15, 0.2) is 6.61 Å². The fraction of sp³-hybridized carbons (Fsp3) is 0.360. The normalized spacial score (nSPS) is 15.4. The van der Waals surface area contributed by atoms with E-state index in [1.807, 2.05) is 42.5 Å². The van der Waals surface area contributed by atoms with Gasteiger partial charge in [0, 0.05) is 24.7 Å². The van der Waals surface area contributed by atoms with Gasteiger partial charge in [-0.1, -0.05) is 30.3 Å². The maximum atomic E-state index is 12.9. The number of rotatable bonds is 6. The van der Waals surface area contributed by atoms with E-state index in [0.29, 0.717) is 29.7 Å².